The van der Waals surface area contributed by atoms with Gasteiger partial charge in [-0.15, -0.1) is 0 Å². The van der Waals surface area contributed by atoms with E-state index in [-0.39, 0.29) is 16.9 Å². The van der Waals surface area contributed by atoms with Crippen molar-refractivity contribution in [3.05, 3.63) is 65.2 Å². The molecule has 21 heavy (non-hydrogen) atoms. The number of carbonyl (C=O) groups is 2. The van der Waals surface area contributed by atoms with Gasteiger partial charge >= 0.3 is 11.9 Å². The molecule has 0 radical (unpaired) electrons. The summed E-state index contributed by atoms with van der Waals surface area (Å²) in [6, 6.07) is 11.8. The van der Waals surface area contributed by atoms with Crippen LogP contribution in [0.1, 0.15) is 21.5 Å². The third-order valence-corrected chi connectivity index (χ3v) is 2.86. The van der Waals surface area contributed by atoms with Gasteiger partial charge in [-0.25, -0.2) is 9.59 Å². The number of carboxylic acid groups (broad SMARTS) is 2. The Balaban J connectivity index is 2.42. The van der Waals surface area contributed by atoms with Gasteiger partial charge in [0.15, 0.2) is 0 Å². The highest BCUT2D eigenvalue weighted by Crippen LogP contribution is 2.22. The van der Waals surface area contributed by atoms with E-state index in [0.717, 1.165) is 0 Å². The summed E-state index contributed by atoms with van der Waals surface area (Å²) < 4.78 is 0. The third-order valence-electron chi connectivity index (χ3n) is 2.86. The minimum atomic E-state index is -1.14. The lowest BCUT2D eigenvalue weighted by atomic mass is 10.0. The van der Waals surface area contributed by atoms with Gasteiger partial charge < -0.3 is 15.3 Å². The maximum absolute atomic E-state index is 11.3. The van der Waals surface area contributed by atoms with E-state index in [0.29, 0.717) is 11.1 Å². The van der Waals surface area contributed by atoms with Crippen molar-refractivity contribution in [1.82, 2.24) is 0 Å². The zero-order valence-corrected chi connectivity index (χ0v) is 10.9. The van der Waals surface area contributed by atoms with Crippen molar-refractivity contribution < 1.29 is 24.9 Å². The summed E-state index contributed by atoms with van der Waals surface area (Å²) in [5.41, 5.74) is 1.06. The van der Waals surface area contributed by atoms with Gasteiger partial charge in [0, 0.05) is 0 Å². The van der Waals surface area contributed by atoms with Gasteiger partial charge in [0.25, 0.3) is 0 Å². The first-order valence-electron chi connectivity index (χ1n) is 6.05. The molecular formula is C16H12O5. The number of rotatable bonds is 4. The van der Waals surface area contributed by atoms with Gasteiger partial charge in [0.2, 0.25) is 0 Å². The van der Waals surface area contributed by atoms with Gasteiger partial charge in [-0.3, -0.25) is 0 Å². The van der Waals surface area contributed by atoms with Crippen LogP contribution < -0.4 is 0 Å². The fraction of sp³-hybridized carbons (Fsp3) is 0. The Morgan fingerprint density at radius 2 is 1.57 bits per heavy atom. The Hall–Kier alpha value is -3.08. The predicted octanol–water partition coefficient (Wildman–Crippen LogP) is 2.72. The van der Waals surface area contributed by atoms with Crippen LogP contribution in [0.3, 0.4) is 0 Å². The monoisotopic (exact) mass is 284 g/mol. The Kier molecular flexibility index (Phi) is 4.04. The van der Waals surface area contributed by atoms with Crippen LogP contribution in [0.15, 0.2) is 48.5 Å². The Labute approximate surface area is 120 Å². The van der Waals surface area contributed by atoms with Crippen LogP contribution in [0.5, 0.6) is 5.75 Å². The maximum Gasteiger partial charge on any atom is 0.336 e. The molecule has 106 valence electrons. The van der Waals surface area contributed by atoms with Crippen LogP contribution >= 0.6 is 0 Å². The molecule has 0 saturated carbocycles. The second-order valence-corrected chi connectivity index (χ2v) is 4.34. The summed E-state index contributed by atoms with van der Waals surface area (Å²) >= 11 is 0. The van der Waals surface area contributed by atoms with Crippen molar-refractivity contribution in [2.24, 2.45) is 0 Å². The van der Waals surface area contributed by atoms with Crippen molar-refractivity contribution in [3.8, 4) is 5.75 Å². The van der Waals surface area contributed by atoms with E-state index in [9.17, 15) is 19.8 Å². The van der Waals surface area contributed by atoms with Crippen molar-refractivity contribution in [2.45, 2.75) is 0 Å². The average Bonchev–Trinajstić information content (AvgIpc) is 2.45. The average molecular weight is 284 g/mol. The summed E-state index contributed by atoms with van der Waals surface area (Å²) in [7, 11) is 0. The number of phenolic OH excluding ortho intramolecular Hbond substituents is 1. The number of hydrogen-bond acceptors (Lipinski definition) is 3. The van der Waals surface area contributed by atoms with E-state index in [1.807, 2.05) is 0 Å². The fourth-order valence-corrected chi connectivity index (χ4v) is 1.83. The van der Waals surface area contributed by atoms with Crippen molar-refractivity contribution >= 4 is 23.6 Å². The zero-order valence-electron chi connectivity index (χ0n) is 10.9. The van der Waals surface area contributed by atoms with E-state index in [1.165, 1.54) is 42.5 Å². The van der Waals surface area contributed by atoms with Gasteiger partial charge in [0.1, 0.15) is 5.75 Å². The molecule has 0 bridgehead atoms. The number of phenols is 1. The number of carboxylic acids is 2. The molecule has 0 amide bonds. The Morgan fingerprint density at radius 1 is 0.905 bits per heavy atom. The molecule has 2 aromatic carbocycles. The maximum atomic E-state index is 11.3. The number of aliphatic carboxylic acids is 1. The SMILES string of the molecule is O=C(O)/C(=C\c1ccc(C(=O)O)cc1)c1cccc(O)c1. The minimum Gasteiger partial charge on any atom is -0.508 e. The fourth-order valence-electron chi connectivity index (χ4n) is 1.83. The standard InChI is InChI=1S/C16H12O5/c17-13-3-1-2-12(9-13)14(16(20)21)8-10-4-6-11(7-5-10)15(18)19/h1-9,17H,(H,18,19)(H,20,21)/b14-8-. The van der Waals surface area contributed by atoms with Crippen LogP contribution in [-0.2, 0) is 4.79 Å². The lowest BCUT2D eigenvalue weighted by Crippen LogP contribution is -2.00. The highest BCUT2D eigenvalue weighted by Gasteiger charge is 2.11. The molecule has 3 N–H and O–H groups in total. The van der Waals surface area contributed by atoms with E-state index in [2.05, 4.69) is 0 Å². The molecule has 0 aliphatic heterocycles. The van der Waals surface area contributed by atoms with Gasteiger partial charge in [0.05, 0.1) is 11.1 Å². The quantitative estimate of drug-likeness (QED) is 0.592. The third kappa shape index (κ3) is 3.48. The number of aromatic hydroxyl groups is 1. The number of benzene rings is 2. The molecule has 2 aromatic rings. The van der Waals surface area contributed by atoms with E-state index in [1.54, 1.807) is 12.1 Å². The van der Waals surface area contributed by atoms with Gasteiger partial charge in [-0.2, -0.15) is 0 Å². The summed E-state index contributed by atoms with van der Waals surface area (Å²) in [6.45, 7) is 0. The molecule has 5 nitrogen and oxygen atoms in total. The molecular weight excluding hydrogens is 272 g/mol. The molecule has 0 spiro atoms. The zero-order chi connectivity index (χ0) is 15.4. The molecule has 0 saturated heterocycles. The molecule has 0 aromatic heterocycles. The molecule has 5 heteroatoms. The molecule has 2 rings (SSSR count). The minimum absolute atomic E-state index is 0.00831. The number of hydrogen-bond donors (Lipinski definition) is 3. The van der Waals surface area contributed by atoms with Crippen LogP contribution in [-0.4, -0.2) is 27.3 Å². The summed E-state index contributed by atoms with van der Waals surface area (Å²) in [5.74, 6) is -2.21. The lowest BCUT2D eigenvalue weighted by molar-refractivity contribution is -0.130. The van der Waals surface area contributed by atoms with Crippen LogP contribution in [0, 0.1) is 0 Å². The molecule has 0 heterocycles. The van der Waals surface area contributed by atoms with E-state index in [4.69, 9.17) is 5.11 Å². The summed E-state index contributed by atoms with van der Waals surface area (Å²) in [5, 5.41) is 27.5. The first-order valence-corrected chi connectivity index (χ1v) is 6.05. The smallest absolute Gasteiger partial charge is 0.336 e. The van der Waals surface area contributed by atoms with Gasteiger partial charge in [-0.1, -0.05) is 24.3 Å². The van der Waals surface area contributed by atoms with Crippen molar-refractivity contribution in [2.75, 3.05) is 0 Å². The first kappa shape index (κ1) is 14.3. The summed E-state index contributed by atoms with van der Waals surface area (Å²) in [4.78, 5) is 22.1. The lowest BCUT2D eigenvalue weighted by Gasteiger charge is -2.04. The topological polar surface area (TPSA) is 94.8 Å². The van der Waals surface area contributed by atoms with Crippen molar-refractivity contribution in [3.63, 3.8) is 0 Å². The molecule has 0 aliphatic carbocycles. The second kappa shape index (κ2) is 5.92. The summed E-state index contributed by atoms with van der Waals surface area (Å²) in [6.07, 6.45) is 1.42. The Morgan fingerprint density at radius 3 is 2.10 bits per heavy atom. The van der Waals surface area contributed by atoms with Gasteiger partial charge in [-0.05, 0) is 41.5 Å². The van der Waals surface area contributed by atoms with E-state index < -0.39 is 11.9 Å². The molecule has 0 aliphatic rings. The van der Waals surface area contributed by atoms with Crippen molar-refractivity contribution in [1.29, 1.82) is 0 Å². The second-order valence-electron chi connectivity index (χ2n) is 4.34. The molecule has 0 fully saturated rings. The van der Waals surface area contributed by atoms with Crippen LogP contribution in [0.25, 0.3) is 11.6 Å². The molecule has 0 atom stereocenters. The van der Waals surface area contributed by atoms with Crippen LogP contribution in [0.4, 0.5) is 0 Å². The Bertz CT molecular complexity index is 714. The largest absolute Gasteiger partial charge is 0.508 e. The first-order chi connectivity index (χ1) is 9.97. The highest BCUT2D eigenvalue weighted by molar-refractivity contribution is 6.20. The van der Waals surface area contributed by atoms with Crippen LogP contribution in [0.2, 0.25) is 0 Å². The predicted molar refractivity (Wildman–Crippen MR) is 77.0 cm³/mol. The number of aromatic carboxylic acids is 1. The molecule has 0 unspecified atom stereocenters. The van der Waals surface area contributed by atoms with E-state index >= 15 is 0 Å². The normalized spacial score (nSPS) is 11.1. The highest BCUT2D eigenvalue weighted by atomic mass is 16.4.